The summed E-state index contributed by atoms with van der Waals surface area (Å²) in [7, 11) is 0. The van der Waals surface area contributed by atoms with Gasteiger partial charge in [0.2, 0.25) is 0 Å². The number of ether oxygens (including phenoxy) is 1. The van der Waals surface area contributed by atoms with E-state index in [2.05, 4.69) is 11.4 Å². The molecule has 1 N–H and O–H groups in total. The van der Waals surface area contributed by atoms with Crippen molar-refractivity contribution in [2.24, 2.45) is 0 Å². The number of nitrogens with zero attached hydrogens (tertiary/aromatic N) is 1. The first-order chi connectivity index (χ1) is 10.6. The van der Waals surface area contributed by atoms with Gasteiger partial charge < -0.3 is 10.1 Å². The lowest BCUT2D eigenvalue weighted by Gasteiger charge is -2.15. The highest BCUT2D eigenvalue weighted by Crippen LogP contribution is 2.24. The molecule has 4 nitrogen and oxygen atoms in total. The van der Waals surface area contributed by atoms with Gasteiger partial charge >= 0.3 is 0 Å². The van der Waals surface area contributed by atoms with Gasteiger partial charge in [0.15, 0.2) is 6.10 Å². The number of carbonyl (C=O) groups is 1. The maximum absolute atomic E-state index is 12.1. The number of anilines is 1. The van der Waals surface area contributed by atoms with E-state index in [-0.39, 0.29) is 5.91 Å². The Kier molecular flexibility index (Phi) is 5.40. The second kappa shape index (κ2) is 7.48. The van der Waals surface area contributed by atoms with Crippen molar-refractivity contribution in [3.05, 3.63) is 59.1 Å². The Morgan fingerprint density at radius 1 is 1.27 bits per heavy atom. The SMILES string of the molecule is C[C@H](Oc1ccccc1Cl)C(=O)Nc1ccc(CC#N)cc1. The van der Waals surface area contributed by atoms with E-state index in [0.717, 1.165) is 5.56 Å². The lowest BCUT2D eigenvalue weighted by Crippen LogP contribution is -2.30. The smallest absolute Gasteiger partial charge is 0.265 e. The minimum Gasteiger partial charge on any atom is -0.479 e. The number of nitrogens with one attached hydrogen (secondary N) is 1. The van der Waals surface area contributed by atoms with Crippen molar-refractivity contribution in [3.63, 3.8) is 0 Å². The summed E-state index contributed by atoms with van der Waals surface area (Å²) in [5.41, 5.74) is 1.56. The van der Waals surface area contributed by atoms with Crippen LogP contribution in [-0.4, -0.2) is 12.0 Å². The van der Waals surface area contributed by atoms with Crippen molar-refractivity contribution in [2.45, 2.75) is 19.4 Å². The summed E-state index contributed by atoms with van der Waals surface area (Å²) in [6.45, 7) is 1.66. The molecule has 1 amide bonds. The summed E-state index contributed by atoms with van der Waals surface area (Å²) in [4.78, 5) is 12.1. The lowest BCUT2D eigenvalue weighted by molar-refractivity contribution is -0.122. The summed E-state index contributed by atoms with van der Waals surface area (Å²) in [6, 6.07) is 16.2. The molecule has 5 heteroatoms. The van der Waals surface area contributed by atoms with Gasteiger partial charge in [0.05, 0.1) is 17.5 Å². The van der Waals surface area contributed by atoms with Crippen LogP contribution in [0.25, 0.3) is 0 Å². The fraction of sp³-hybridized carbons (Fsp3) is 0.176. The zero-order valence-electron chi connectivity index (χ0n) is 12.0. The summed E-state index contributed by atoms with van der Waals surface area (Å²) in [6.07, 6.45) is -0.334. The van der Waals surface area contributed by atoms with E-state index in [1.165, 1.54) is 0 Å². The molecule has 0 aliphatic heterocycles. The lowest BCUT2D eigenvalue weighted by atomic mass is 10.1. The number of hydrogen-bond donors (Lipinski definition) is 1. The molecule has 0 radical (unpaired) electrons. The van der Waals surface area contributed by atoms with E-state index >= 15 is 0 Å². The third kappa shape index (κ3) is 4.24. The highest BCUT2D eigenvalue weighted by Gasteiger charge is 2.16. The van der Waals surface area contributed by atoms with Crippen molar-refractivity contribution < 1.29 is 9.53 Å². The van der Waals surface area contributed by atoms with Gasteiger partial charge in [-0.2, -0.15) is 5.26 Å². The summed E-state index contributed by atoms with van der Waals surface area (Å²) < 4.78 is 5.55. The Hall–Kier alpha value is -2.51. The van der Waals surface area contributed by atoms with E-state index in [0.29, 0.717) is 22.9 Å². The van der Waals surface area contributed by atoms with Gasteiger partial charge in [0.1, 0.15) is 5.75 Å². The van der Waals surface area contributed by atoms with Gasteiger partial charge in [-0.15, -0.1) is 0 Å². The number of nitriles is 1. The normalized spacial score (nSPS) is 11.3. The largest absolute Gasteiger partial charge is 0.479 e. The highest BCUT2D eigenvalue weighted by atomic mass is 35.5. The van der Waals surface area contributed by atoms with Crippen LogP contribution >= 0.6 is 11.6 Å². The molecule has 2 aromatic carbocycles. The molecule has 0 aliphatic rings. The Bertz CT molecular complexity index is 693. The van der Waals surface area contributed by atoms with Gasteiger partial charge in [-0.1, -0.05) is 35.9 Å². The average Bonchev–Trinajstić information content (AvgIpc) is 2.51. The Morgan fingerprint density at radius 2 is 1.95 bits per heavy atom. The second-order valence-corrected chi connectivity index (χ2v) is 5.12. The number of benzene rings is 2. The van der Waals surface area contributed by atoms with Crippen LogP contribution < -0.4 is 10.1 Å². The predicted octanol–water partition coefficient (Wildman–Crippen LogP) is 3.81. The fourth-order valence-corrected chi connectivity index (χ4v) is 2.01. The number of rotatable bonds is 5. The van der Waals surface area contributed by atoms with Crippen molar-refractivity contribution in [2.75, 3.05) is 5.32 Å². The third-order valence-electron chi connectivity index (χ3n) is 3.01. The molecule has 0 fully saturated rings. The molecule has 1 atom stereocenters. The molecule has 0 saturated heterocycles. The predicted molar refractivity (Wildman–Crippen MR) is 85.9 cm³/mol. The van der Waals surface area contributed by atoms with Crippen LogP contribution in [0.2, 0.25) is 5.02 Å². The molecule has 0 heterocycles. The summed E-state index contributed by atoms with van der Waals surface area (Å²) in [5, 5.41) is 11.8. The molecule has 0 aromatic heterocycles. The summed E-state index contributed by atoms with van der Waals surface area (Å²) >= 11 is 6.00. The van der Waals surface area contributed by atoms with E-state index in [9.17, 15) is 4.79 Å². The molecular weight excluding hydrogens is 300 g/mol. The van der Waals surface area contributed by atoms with Crippen molar-refractivity contribution in [1.82, 2.24) is 0 Å². The zero-order chi connectivity index (χ0) is 15.9. The van der Waals surface area contributed by atoms with Crippen LogP contribution in [0, 0.1) is 11.3 Å². The first-order valence-corrected chi connectivity index (χ1v) is 7.16. The van der Waals surface area contributed by atoms with E-state index in [1.807, 2.05) is 0 Å². The van der Waals surface area contributed by atoms with E-state index in [4.69, 9.17) is 21.6 Å². The average molecular weight is 315 g/mol. The molecule has 2 rings (SSSR count). The van der Waals surface area contributed by atoms with Gasteiger partial charge in [0, 0.05) is 5.69 Å². The van der Waals surface area contributed by atoms with Crippen LogP contribution in [-0.2, 0) is 11.2 Å². The van der Waals surface area contributed by atoms with Gasteiger partial charge in [0.25, 0.3) is 5.91 Å². The first-order valence-electron chi connectivity index (χ1n) is 6.78. The minimum absolute atomic E-state index is 0.270. The van der Waals surface area contributed by atoms with Crippen molar-refractivity contribution in [1.29, 1.82) is 5.26 Å². The maximum atomic E-state index is 12.1. The number of para-hydroxylation sites is 1. The maximum Gasteiger partial charge on any atom is 0.265 e. The third-order valence-corrected chi connectivity index (χ3v) is 3.33. The molecular formula is C17H15ClN2O2. The summed E-state index contributed by atoms with van der Waals surface area (Å²) in [5.74, 6) is 0.198. The van der Waals surface area contributed by atoms with Crippen molar-refractivity contribution in [3.8, 4) is 11.8 Å². The molecule has 2 aromatic rings. The van der Waals surface area contributed by atoms with Gasteiger partial charge in [-0.25, -0.2) is 0 Å². The number of carbonyl (C=O) groups excluding carboxylic acids is 1. The Labute approximate surface area is 134 Å². The van der Waals surface area contributed by atoms with Crippen LogP contribution in [0.5, 0.6) is 5.75 Å². The molecule has 112 valence electrons. The van der Waals surface area contributed by atoms with Crippen LogP contribution in [0.4, 0.5) is 5.69 Å². The van der Waals surface area contributed by atoms with Crippen LogP contribution in [0.1, 0.15) is 12.5 Å². The molecule has 0 aliphatic carbocycles. The fourth-order valence-electron chi connectivity index (χ4n) is 1.83. The van der Waals surface area contributed by atoms with Gasteiger partial charge in [-0.05, 0) is 36.8 Å². The number of hydrogen-bond acceptors (Lipinski definition) is 3. The Morgan fingerprint density at radius 3 is 2.59 bits per heavy atom. The molecule has 0 spiro atoms. The second-order valence-electron chi connectivity index (χ2n) is 4.71. The molecule has 0 bridgehead atoms. The Balaban J connectivity index is 1.96. The quantitative estimate of drug-likeness (QED) is 0.912. The number of amides is 1. The van der Waals surface area contributed by atoms with Gasteiger partial charge in [-0.3, -0.25) is 4.79 Å². The topological polar surface area (TPSA) is 62.1 Å². The minimum atomic E-state index is -0.682. The monoisotopic (exact) mass is 314 g/mol. The van der Waals surface area contributed by atoms with Crippen LogP contribution in [0.15, 0.2) is 48.5 Å². The van der Waals surface area contributed by atoms with Crippen LogP contribution in [0.3, 0.4) is 0 Å². The van der Waals surface area contributed by atoms with Crippen molar-refractivity contribution >= 4 is 23.2 Å². The molecule has 0 unspecified atom stereocenters. The van der Waals surface area contributed by atoms with E-state index in [1.54, 1.807) is 55.5 Å². The standard InChI is InChI=1S/C17H15ClN2O2/c1-12(22-16-5-3-2-4-15(16)18)17(21)20-14-8-6-13(7-9-14)10-11-19/h2-9,12H,10H2,1H3,(H,20,21)/t12-/m0/s1. The number of halogens is 1. The van der Waals surface area contributed by atoms with E-state index < -0.39 is 6.10 Å². The highest BCUT2D eigenvalue weighted by molar-refractivity contribution is 6.32. The molecule has 22 heavy (non-hydrogen) atoms. The first kappa shape index (κ1) is 15.9. The molecule has 0 saturated carbocycles. The zero-order valence-corrected chi connectivity index (χ0v) is 12.8.